The van der Waals surface area contributed by atoms with Gasteiger partial charge in [-0.25, -0.2) is 4.79 Å². The first-order valence-corrected chi connectivity index (χ1v) is 6.23. The monoisotopic (exact) mass is 243 g/mol. The van der Waals surface area contributed by atoms with E-state index in [1.165, 1.54) is 0 Å². The molecule has 1 aliphatic rings. The molecular weight excluding hydrogens is 222 g/mol. The predicted octanol–water partition coefficient (Wildman–Crippen LogP) is 1.32. The van der Waals surface area contributed by atoms with Crippen LogP contribution < -0.4 is 5.32 Å². The topological polar surface area (TPSA) is 75.6 Å². The first kappa shape index (κ1) is 14.0. The van der Waals surface area contributed by atoms with Crippen molar-refractivity contribution >= 4 is 11.9 Å². The van der Waals surface area contributed by atoms with Gasteiger partial charge in [0.2, 0.25) is 5.91 Å². The molecule has 0 saturated heterocycles. The second-order valence-corrected chi connectivity index (χ2v) is 4.50. The first-order valence-electron chi connectivity index (χ1n) is 6.23. The molecule has 0 aromatic heterocycles. The fourth-order valence-electron chi connectivity index (χ4n) is 2.11. The Balaban J connectivity index is 2.35. The van der Waals surface area contributed by atoms with Crippen molar-refractivity contribution in [2.45, 2.75) is 51.0 Å². The van der Waals surface area contributed by atoms with Crippen molar-refractivity contribution in [3.05, 3.63) is 0 Å². The molecule has 0 spiro atoms. The van der Waals surface area contributed by atoms with Crippen molar-refractivity contribution in [2.75, 3.05) is 13.2 Å². The third kappa shape index (κ3) is 4.00. The number of carbonyl (C=O) groups excluding carboxylic acids is 1. The average Bonchev–Trinajstić information content (AvgIpc) is 2.74. The van der Waals surface area contributed by atoms with Gasteiger partial charge in [-0.1, -0.05) is 19.8 Å². The minimum Gasteiger partial charge on any atom is -0.480 e. The molecule has 1 fully saturated rings. The quantitative estimate of drug-likeness (QED) is 0.661. The third-order valence-corrected chi connectivity index (χ3v) is 3.07. The van der Waals surface area contributed by atoms with Gasteiger partial charge in [0, 0.05) is 13.0 Å². The van der Waals surface area contributed by atoms with Gasteiger partial charge in [-0.2, -0.15) is 0 Å². The molecule has 0 heterocycles. The fourth-order valence-corrected chi connectivity index (χ4v) is 2.11. The molecular formula is C12H21NO4. The molecule has 0 bridgehead atoms. The summed E-state index contributed by atoms with van der Waals surface area (Å²) in [4.78, 5) is 22.8. The van der Waals surface area contributed by atoms with Crippen molar-refractivity contribution in [2.24, 2.45) is 0 Å². The van der Waals surface area contributed by atoms with Crippen LogP contribution in [0.4, 0.5) is 0 Å². The lowest BCUT2D eigenvalue weighted by Crippen LogP contribution is -2.52. The van der Waals surface area contributed by atoms with Crippen LogP contribution in [0.2, 0.25) is 0 Å². The normalized spacial score (nSPS) is 17.9. The van der Waals surface area contributed by atoms with Gasteiger partial charge in [0.05, 0.1) is 6.61 Å². The average molecular weight is 243 g/mol. The summed E-state index contributed by atoms with van der Waals surface area (Å²) in [7, 11) is 0. The van der Waals surface area contributed by atoms with Crippen LogP contribution in [-0.2, 0) is 14.3 Å². The molecule has 0 atom stereocenters. The van der Waals surface area contributed by atoms with E-state index in [2.05, 4.69) is 5.32 Å². The van der Waals surface area contributed by atoms with Crippen LogP contribution in [0.5, 0.6) is 0 Å². The second kappa shape index (κ2) is 6.59. The zero-order valence-electron chi connectivity index (χ0n) is 10.3. The van der Waals surface area contributed by atoms with Crippen molar-refractivity contribution in [3.63, 3.8) is 0 Å². The van der Waals surface area contributed by atoms with Gasteiger partial charge < -0.3 is 15.2 Å². The lowest BCUT2D eigenvalue weighted by molar-refractivity contribution is -0.147. The van der Waals surface area contributed by atoms with Crippen LogP contribution in [0, 0.1) is 0 Å². The minimum absolute atomic E-state index is 0.231. The number of carbonyl (C=O) groups is 2. The van der Waals surface area contributed by atoms with Gasteiger partial charge in [0.1, 0.15) is 5.54 Å². The molecule has 1 rings (SSSR count). The summed E-state index contributed by atoms with van der Waals surface area (Å²) < 4.78 is 5.20. The highest BCUT2D eigenvalue weighted by Gasteiger charge is 2.42. The van der Waals surface area contributed by atoms with Gasteiger partial charge >= 0.3 is 5.97 Å². The molecule has 1 saturated carbocycles. The molecule has 0 aromatic carbocycles. The van der Waals surface area contributed by atoms with Crippen molar-refractivity contribution in [3.8, 4) is 0 Å². The van der Waals surface area contributed by atoms with E-state index in [-0.39, 0.29) is 12.3 Å². The first-order chi connectivity index (χ1) is 8.10. The predicted molar refractivity (Wildman–Crippen MR) is 62.7 cm³/mol. The SMILES string of the molecule is CCCOCCC(=O)NC1(C(=O)O)CCCC1. The Morgan fingerprint density at radius 3 is 2.47 bits per heavy atom. The number of aliphatic carboxylic acids is 1. The van der Waals surface area contributed by atoms with Crippen molar-refractivity contribution in [1.82, 2.24) is 5.32 Å². The van der Waals surface area contributed by atoms with Gasteiger partial charge in [-0.05, 0) is 19.3 Å². The standard InChI is InChI=1S/C12H21NO4/c1-2-8-17-9-5-10(14)13-12(11(15)16)6-3-4-7-12/h2-9H2,1H3,(H,13,14)(H,15,16). The maximum Gasteiger partial charge on any atom is 0.329 e. The summed E-state index contributed by atoms with van der Waals surface area (Å²) in [6, 6.07) is 0. The fraction of sp³-hybridized carbons (Fsp3) is 0.833. The number of ether oxygens (including phenoxy) is 1. The number of amides is 1. The number of carboxylic acids is 1. The number of nitrogens with one attached hydrogen (secondary N) is 1. The lowest BCUT2D eigenvalue weighted by Gasteiger charge is -2.25. The second-order valence-electron chi connectivity index (χ2n) is 4.50. The zero-order valence-corrected chi connectivity index (χ0v) is 10.3. The van der Waals surface area contributed by atoms with E-state index in [9.17, 15) is 14.7 Å². The molecule has 0 aromatic rings. The molecule has 0 aliphatic heterocycles. The Kier molecular flexibility index (Phi) is 5.41. The Hall–Kier alpha value is -1.10. The highest BCUT2D eigenvalue weighted by atomic mass is 16.5. The summed E-state index contributed by atoms with van der Waals surface area (Å²) in [5.74, 6) is -1.15. The molecule has 5 heteroatoms. The Morgan fingerprint density at radius 1 is 1.29 bits per heavy atom. The maximum atomic E-state index is 11.6. The van der Waals surface area contributed by atoms with Gasteiger partial charge in [-0.15, -0.1) is 0 Å². The van der Waals surface area contributed by atoms with Gasteiger partial charge in [0.15, 0.2) is 0 Å². The summed E-state index contributed by atoms with van der Waals surface area (Å²) in [5.41, 5.74) is -1.03. The van der Waals surface area contributed by atoms with E-state index in [0.717, 1.165) is 19.3 Å². The molecule has 98 valence electrons. The van der Waals surface area contributed by atoms with E-state index < -0.39 is 11.5 Å². The minimum atomic E-state index is -1.03. The Labute approximate surface area is 102 Å². The zero-order chi connectivity index (χ0) is 12.7. The highest BCUT2D eigenvalue weighted by molar-refractivity contribution is 5.87. The molecule has 2 N–H and O–H groups in total. The summed E-state index contributed by atoms with van der Waals surface area (Å²) in [6.45, 7) is 2.99. The third-order valence-electron chi connectivity index (χ3n) is 3.07. The largest absolute Gasteiger partial charge is 0.480 e. The van der Waals surface area contributed by atoms with Gasteiger partial charge in [-0.3, -0.25) is 4.79 Å². The van der Waals surface area contributed by atoms with Crippen LogP contribution in [0.1, 0.15) is 45.4 Å². The summed E-state index contributed by atoms with van der Waals surface area (Å²) >= 11 is 0. The molecule has 5 nitrogen and oxygen atoms in total. The summed E-state index contributed by atoms with van der Waals surface area (Å²) in [5, 5.41) is 11.8. The molecule has 1 amide bonds. The molecule has 0 unspecified atom stereocenters. The Bertz CT molecular complexity index is 272. The molecule has 17 heavy (non-hydrogen) atoms. The van der Waals surface area contributed by atoms with Crippen LogP contribution in [0.25, 0.3) is 0 Å². The number of rotatable bonds is 7. The molecule has 1 aliphatic carbocycles. The van der Waals surface area contributed by atoms with E-state index in [1.54, 1.807) is 0 Å². The number of carboxylic acid groups (broad SMARTS) is 1. The van der Waals surface area contributed by atoms with E-state index in [0.29, 0.717) is 26.1 Å². The summed E-state index contributed by atoms with van der Waals surface area (Å²) in [6.07, 6.45) is 3.93. The van der Waals surface area contributed by atoms with Crippen LogP contribution >= 0.6 is 0 Å². The Morgan fingerprint density at radius 2 is 1.94 bits per heavy atom. The highest BCUT2D eigenvalue weighted by Crippen LogP contribution is 2.29. The maximum absolute atomic E-state index is 11.6. The van der Waals surface area contributed by atoms with Crippen molar-refractivity contribution in [1.29, 1.82) is 0 Å². The lowest BCUT2D eigenvalue weighted by atomic mass is 9.97. The smallest absolute Gasteiger partial charge is 0.329 e. The van der Waals surface area contributed by atoms with Crippen LogP contribution in [-0.4, -0.2) is 35.7 Å². The van der Waals surface area contributed by atoms with Crippen molar-refractivity contribution < 1.29 is 19.4 Å². The molecule has 0 radical (unpaired) electrons. The number of hydrogen-bond acceptors (Lipinski definition) is 3. The van der Waals surface area contributed by atoms with E-state index >= 15 is 0 Å². The van der Waals surface area contributed by atoms with Crippen LogP contribution in [0.15, 0.2) is 0 Å². The van der Waals surface area contributed by atoms with Crippen LogP contribution in [0.3, 0.4) is 0 Å². The van der Waals surface area contributed by atoms with Gasteiger partial charge in [0.25, 0.3) is 0 Å². The number of hydrogen-bond donors (Lipinski definition) is 2. The van der Waals surface area contributed by atoms with E-state index in [1.807, 2.05) is 6.92 Å². The van der Waals surface area contributed by atoms with E-state index in [4.69, 9.17) is 4.74 Å².